The van der Waals surface area contributed by atoms with Crippen molar-refractivity contribution in [2.24, 2.45) is 10.1 Å². The maximum absolute atomic E-state index is 13.1. The maximum atomic E-state index is 13.1. The summed E-state index contributed by atoms with van der Waals surface area (Å²) in [5, 5.41) is 6.58. The average Bonchev–Trinajstić information content (AvgIpc) is 3.08. The zero-order valence-corrected chi connectivity index (χ0v) is 16.7. The summed E-state index contributed by atoms with van der Waals surface area (Å²) >= 11 is 0. The number of piperidine rings is 1. The number of rotatable bonds is 5. The molecule has 3 amide bonds. The zero-order chi connectivity index (χ0) is 19.8. The standard InChI is InChI=1S/C19H28N7O2/c1-4-8-24-17(27)15-16(22(3)19(24)28)20-18-25(15)13-14(2)21-26(18)12-11-23-9-6-5-7-10-23/h4,15H,1,5-13H2,2-3H3/q+1. The molecule has 0 aromatic rings. The van der Waals surface area contributed by atoms with Crippen LogP contribution < -0.4 is 0 Å². The lowest BCUT2D eigenvalue weighted by Gasteiger charge is -2.33. The van der Waals surface area contributed by atoms with Crippen molar-refractivity contribution in [2.75, 3.05) is 46.3 Å². The van der Waals surface area contributed by atoms with Crippen molar-refractivity contribution in [3.05, 3.63) is 12.7 Å². The molecule has 1 unspecified atom stereocenters. The summed E-state index contributed by atoms with van der Waals surface area (Å²) in [7, 11) is 1.67. The fourth-order valence-corrected chi connectivity index (χ4v) is 4.27. The van der Waals surface area contributed by atoms with E-state index in [1.54, 1.807) is 13.1 Å². The molecule has 4 aliphatic rings. The number of likely N-dealkylation sites (tertiary alicyclic amines) is 1. The number of urea groups is 1. The Morgan fingerprint density at radius 1 is 1.21 bits per heavy atom. The first-order valence-electron chi connectivity index (χ1n) is 9.97. The predicted molar refractivity (Wildman–Crippen MR) is 107 cm³/mol. The van der Waals surface area contributed by atoms with Crippen LogP contribution in [-0.2, 0) is 4.79 Å². The molecule has 28 heavy (non-hydrogen) atoms. The van der Waals surface area contributed by atoms with Gasteiger partial charge in [0, 0.05) is 20.1 Å². The van der Waals surface area contributed by atoms with E-state index in [9.17, 15) is 9.59 Å². The molecule has 2 fully saturated rings. The minimum absolute atomic E-state index is 0.195. The fourth-order valence-electron chi connectivity index (χ4n) is 4.27. The van der Waals surface area contributed by atoms with E-state index in [0.717, 1.165) is 31.9 Å². The third-order valence-corrected chi connectivity index (χ3v) is 5.70. The Labute approximate surface area is 165 Å². The molecule has 9 nitrogen and oxygen atoms in total. The monoisotopic (exact) mass is 386 g/mol. The first-order chi connectivity index (χ1) is 13.5. The summed E-state index contributed by atoms with van der Waals surface area (Å²) in [6, 6.07) is -0.946. The first-order valence-corrected chi connectivity index (χ1v) is 9.97. The number of guanidine groups is 1. The van der Waals surface area contributed by atoms with Crippen LogP contribution in [0.4, 0.5) is 4.79 Å². The van der Waals surface area contributed by atoms with E-state index < -0.39 is 6.04 Å². The highest BCUT2D eigenvalue weighted by atomic mass is 16.2. The molecule has 1 atom stereocenters. The summed E-state index contributed by atoms with van der Waals surface area (Å²) in [5.74, 6) is 0.900. The van der Waals surface area contributed by atoms with E-state index in [0.29, 0.717) is 18.3 Å². The minimum atomic E-state index is -0.583. The number of carbonyl (C=O) groups excluding carboxylic acids is 2. The number of carbonyl (C=O) groups is 2. The highest BCUT2D eigenvalue weighted by Gasteiger charge is 2.54. The Morgan fingerprint density at radius 3 is 2.68 bits per heavy atom. The number of nitrogens with zero attached hydrogens (tertiary/aromatic N) is 7. The summed E-state index contributed by atoms with van der Waals surface area (Å²) in [5.41, 5.74) is 0.932. The number of aliphatic imine (C=N–C) groups is 1. The summed E-state index contributed by atoms with van der Waals surface area (Å²) in [4.78, 5) is 35.5. The summed E-state index contributed by atoms with van der Waals surface area (Å²) in [6.45, 7) is 10.2. The van der Waals surface area contributed by atoms with E-state index in [4.69, 9.17) is 0 Å². The summed E-state index contributed by atoms with van der Waals surface area (Å²) < 4.78 is 1.97. The van der Waals surface area contributed by atoms with E-state index in [-0.39, 0.29) is 18.5 Å². The van der Waals surface area contributed by atoms with Crippen LogP contribution in [0, 0.1) is 0 Å². The summed E-state index contributed by atoms with van der Waals surface area (Å²) in [6.07, 6.45) is 5.37. The molecule has 0 aromatic carbocycles. The third kappa shape index (κ3) is 3.13. The number of hydrogen-bond donors (Lipinski definition) is 0. The molecule has 4 rings (SSSR count). The molecule has 0 radical (unpaired) electrons. The Morgan fingerprint density at radius 2 is 1.96 bits per heavy atom. The van der Waals surface area contributed by atoms with Crippen molar-refractivity contribution in [1.82, 2.24) is 19.7 Å². The van der Waals surface area contributed by atoms with Crippen LogP contribution in [0.15, 0.2) is 22.7 Å². The van der Waals surface area contributed by atoms with Gasteiger partial charge in [-0.05, 0) is 32.9 Å². The molecule has 2 saturated heterocycles. The fraction of sp³-hybridized carbons (Fsp3) is 0.632. The van der Waals surface area contributed by atoms with Gasteiger partial charge in [0.1, 0.15) is 13.1 Å². The Balaban J connectivity index is 1.59. The molecule has 0 saturated carbocycles. The molecule has 9 heteroatoms. The van der Waals surface area contributed by atoms with Crippen molar-refractivity contribution in [3.8, 4) is 0 Å². The van der Waals surface area contributed by atoms with Crippen molar-refractivity contribution in [2.45, 2.75) is 32.2 Å². The number of fused-ring (bicyclic) bond motifs is 2. The molecule has 0 aromatic heterocycles. The molecule has 0 N–H and O–H groups in total. The molecule has 0 spiro atoms. The van der Waals surface area contributed by atoms with Crippen LogP contribution in [0.5, 0.6) is 0 Å². The lowest BCUT2D eigenvalue weighted by molar-refractivity contribution is -0.527. The van der Waals surface area contributed by atoms with Gasteiger partial charge in [-0.15, -0.1) is 16.7 Å². The SMILES string of the molecule is C=CCN1C(=O)C2C(=NC3=[N+]2CC(C)=NN3CCN2CCCCC2)N(C)C1=O. The molecule has 150 valence electrons. The van der Waals surface area contributed by atoms with E-state index in [2.05, 4.69) is 21.6 Å². The van der Waals surface area contributed by atoms with Gasteiger partial charge in [0.15, 0.2) is 0 Å². The van der Waals surface area contributed by atoms with Crippen LogP contribution in [0.3, 0.4) is 0 Å². The van der Waals surface area contributed by atoms with Crippen molar-refractivity contribution in [3.63, 3.8) is 0 Å². The van der Waals surface area contributed by atoms with Gasteiger partial charge in [0.05, 0.1) is 5.71 Å². The van der Waals surface area contributed by atoms with E-state index in [1.807, 2.05) is 16.5 Å². The van der Waals surface area contributed by atoms with E-state index in [1.165, 1.54) is 29.1 Å². The minimum Gasteiger partial charge on any atom is -0.300 e. The van der Waals surface area contributed by atoms with Crippen LogP contribution in [0.2, 0.25) is 0 Å². The van der Waals surface area contributed by atoms with Crippen LogP contribution >= 0.6 is 0 Å². The topological polar surface area (TPSA) is 74.8 Å². The third-order valence-electron chi connectivity index (χ3n) is 5.70. The van der Waals surface area contributed by atoms with Crippen LogP contribution in [-0.4, -0.2) is 106 Å². The highest BCUT2D eigenvalue weighted by molar-refractivity contribution is 6.23. The van der Waals surface area contributed by atoms with E-state index >= 15 is 0 Å². The Kier molecular flexibility index (Phi) is 5.01. The lowest BCUT2D eigenvalue weighted by Crippen LogP contribution is -2.63. The second-order valence-corrected chi connectivity index (χ2v) is 7.74. The number of hydrazone groups is 1. The Hall–Kier alpha value is -2.55. The largest absolute Gasteiger partial charge is 0.416 e. The molecular formula is C19H28N7O2+. The average molecular weight is 386 g/mol. The highest BCUT2D eigenvalue weighted by Crippen LogP contribution is 2.23. The van der Waals surface area contributed by atoms with Gasteiger partial charge < -0.3 is 4.90 Å². The first kappa shape index (κ1) is 18.8. The van der Waals surface area contributed by atoms with Gasteiger partial charge in [0.2, 0.25) is 11.9 Å². The van der Waals surface area contributed by atoms with Crippen LogP contribution in [0.1, 0.15) is 26.2 Å². The number of amides is 3. The van der Waals surface area contributed by atoms with Crippen LogP contribution in [0.25, 0.3) is 0 Å². The molecule has 0 bridgehead atoms. The van der Waals surface area contributed by atoms with Gasteiger partial charge in [-0.2, -0.15) is 0 Å². The van der Waals surface area contributed by atoms with Crippen molar-refractivity contribution in [1.29, 1.82) is 0 Å². The van der Waals surface area contributed by atoms with Crippen molar-refractivity contribution < 1.29 is 14.2 Å². The number of imide groups is 1. The van der Waals surface area contributed by atoms with Crippen molar-refractivity contribution >= 4 is 29.4 Å². The van der Waals surface area contributed by atoms with Gasteiger partial charge in [-0.3, -0.25) is 14.6 Å². The number of hydrogen-bond acceptors (Lipinski definition) is 6. The number of likely N-dealkylation sites (N-methyl/N-ethyl adjacent to an activating group) is 1. The lowest BCUT2D eigenvalue weighted by atomic mass is 10.1. The Bertz CT molecular complexity index is 794. The second-order valence-electron chi connectivity index (χ2n) is 7.74. The van der Waals surface area contributed by atoms with Gasteiger partial charge in [-0.25, -0.2) is 9.37 Å². The molecule has 4 aliphatic heterocycles. The molecule has 4 heterocycles. The number of amidine groups is 1. The predicted octanol–water partition coefficient (Wildman–Crippen LogP) is 0.393. The zero-order valence-electron chi connectivity index (χ0n) is 16.7. The quantitative estimate of drug-likeness (QED) is 0.506. The normalized spacial score (nSPS) is 25.6. The van der Waals surface area contributed by atoms with Gasteiger partial charge in [0.25, 0.3) is 5.91 Å². The van der Waals surface area contributed by atoms with Gasteiger partial charge in [-0.1, -0.05) is 17.5 Å². The van der Waals surface area contributed by atoms with Gasteiger partial charge >= 0.3 is 12.0 Å². The molecule has 0 aliphatic carbocycles. The molecular weight excluding hydrogens is 358 g/mol. The maximum Gasteiger partial charge on any atom is 0.416 e. The smallest absolute Gasteiger partial charge is 0.300 e. The second kappa shape index (κ2) is 7.46.